The molecule has 4 nitrogen and oxygen atoms in total. The van der Waals surface area contributed by atoms with Crippen LogP contribution in [-0.4, -0.2) is 22.1 Å². The molecule has 0 spiro atoms. The van der Waals surface area contributed by atoms with Crippen LogP contribution in [0.5, 0.6) is 0 Å². The van der Waals surface area contributed by atoms with Gasteiger partial charge >= 0.3 is 0 Å². The third-order valence-electron chi connectivity index (χ3n) is 3.50. The number of hydrogen-bond acceptors (Lipinski definition) is 5. The molecule has 0 aliphatic heterocycles. The highest BCUT2D eigenvalue weighted by Gasteiger charge is 2.34. The monoisotopic (exact) mass is 333 g/mol. The fraction of sp³-hybridized carbons (Fsp3) is 0.438. The van der Waals surface area contributed by atoms with Crippen molar-refractivity contribution in [3.8, 4) is 0 Å². The van der Waals surface area contributed by atoms with E-state index in [1.807, 2.05) is 0 Å². The minimum absolute atomic E-state index is 0.0597. The van der Waals surface area contributed by atoms with Crippen LogP contribution >= 0.6 is 23.1 Å². The largest absolute Gasteiger partial charge is 0.284 e. The lowest BCUT2D eigenvalue weighted by Crippen LogP contribution is -2.30. The van der Waals surface area contributed by atoms with Crippen molar-refractivity contribution in [2.75, 3.05) is 4.90 Å². The minimum atomic E-state index is 0.0597. The van der Waals surface area contributed by atoms with Gasteiger partial charge in [-0.2, -0.15) is 0 Å². The molecule has 116 valence electrons. The average Bonchev–Trinajstić information content (AvgIpc) is 3.13. The zero-order chi connectivity index (χ0) is 15.7. The maximum absolute atomic E-state index is 11.7. The number of anilines is 1. The summed E-state index contributed by atoms with van der Waals surface area (Å²) in [5.74, 6) is 0.935. The van der Waals surface area contributed by atoms with Crippen molar-refractivity contribution in [3.63, 3.8) is 0 Å². The average molecular weight is 333 g/mol. The molecular weight excluding hydrogens is 314 g/mol. The Hall–Kier alpha value is -1.40. The van der Waals surface area contributed by atoms with Crippen molar-refractivity contribution >= 4 is 34.1 Å². The summed E-state index contributed by atoms with van der Waals surface area (Å²) in [5, 5.41) is 9.16. The van der Waals surface area contributed by atoms with Crippen LogP contribution in [0.25, 0.3) is 0 Å². The second-order valence-corrected chi connectivity index (χ2v) is 7.93. The van der Waals surface area contributed by atoms with Gasteiger partial charge in [0.15, 0.2) is 4.34 Å². The van der Waals surface area contributed by atoms with Gasteiger partial charge in [0.1, 0.15) is 0 Å². The molecule has 0 saturated heterocycles. The van der Waals surface area contributed by atoms with E-state index in [1.54, 1.807) is 23.6 Å². The lowest BCUT2D eigenvalue weighted by molar-refractivity contribution is -0.116. The van der Waals surface area contributed by atoms with Gasteiger partial charge in [0.05, 0.1) is 0 Å². The molecule has 1 amide bonds. The normalized spacial score (nSPS) is 14.1. The van der Waals surface area contributed by atoms with Crippen LogP contribution in [0.2, 0.25) is 0 Å². The highest BCUT2D eigenvalue weighted by atomic mass is 32.2. The van der Waals surface area contributed by atoms with Gasteiger partial charge < -0.3 is 0 Å². The first-order valence-electron chi connectivity index (χ1n) is 7.36. The highest BCUT2D eigenvalue weighted by molar-refractivity contribution is 8.00. The Balaban J connectivity index is 1.67. The first-order chi connectivity index (χ1) is 10.5. The van der Waals surface area contributed by atoms with Gasteiger partial charge in [-0.15, -0.1) is 10.2 Å². The number of carbonyl (C=O) groups is 1. The predicted octanol–water partition coefficient (Wildman–Crippen LogP) is 3.96. The van der Waals surface area contributed by atoms with Crippen LogP contribution in [0, 0.1) is 13.8 Å². The molecule has 0 atom stereocenters. The molecule has 0 radical (unpaired) electrons. The topological polar surface area (TPSA) is 46.1 Å². The van der Waals surface area contributed by atoms with E-state index in [0.717, 1.165) is 28.1 Å². The van der Waals surface area contributed by atoms with Gasteiger partial charge in [-0.05, 0) is 32.3 Å². The summed E-state index contributed by atoms with van der Waals surface area (Å²) >= 11 is 3.19. The third-order valence-corrected chi connectivity index (χ3v) is 5.62. The predicted molar refractivity (Wildman–Crippen MR) is 91.6 cm³/mol. The molecule has 1 aliphatic rings. The molecule has 1 heterocycles. The van der Waals surface area contributed by atoms with E-state index >= 15 is 0 Å². The van der Waals surface area contributed by atoms with Gasteiger partial charge in [-0.3, -0.25) is 9.69 Å². The lowest BCUT2D eigenvalue weighted by atomic mass is 10.1. The number of nitrogens with zero attached hydrogens (tertiary/aromatic N) is 3. The molecule has 0 bridgehead atoms. The molecule has 1 aromatic carbocycles. The first-order valence-corrected chi connectivity index (χ1v) is 9.16. The van der Waals surface area contributed by atoms with Crippen molar-refractivity contribution in [1.29, 1.82) is 0 Å². The Morgan fingerprint density at radius 3 is 2.55 bits per heavy atom. The van der Waals surface area contributed by atoms with Crippen molar-refractivity contribution in [1.82, 2.24) is 10.2 Å². The van der Waals surface area contributed by atoms with E-state index in [4.69, 9.17) is 0 Å². The molecule has 2 aromatic rings. The van der Waals surface area contributed by atoms with Crippen molar-refractivity contribution < 1.29 is 4.79 Å². The molecule has 1 aromatic heterocycles. The fourth-order valence-electron chi connectivity index (χ4n) is 2.54. The zero-order valence-corrected chi connectivity index (χ0v) is 14.6. The molecule has 0 N–H and O–H groups in total. The van der Waals surface area contributed by atoms with Crippen LogP contribution in [0.3, 0.4) is 0 Å². The van der Waals surface area contributed by atoms with Crippen molar-refractivity contribution in [2.24, 2.45) is 0 Å². The Morgan fingerprint density at radius 1 is 1.27 bits per heavy atom. The van der Waals surface area contributed by atoms with Gasteiger partial charge in [0.25, 0.3) is 0 Å². The molecule has 0 unspecified atom stereocenters. The number of carbonyl (C=O) groups excluding carboxylic acids is 1. The summed E-state index contributed by atoms with van der Waals surface area (Å²) in [5.41, 5.74) is 3.86. The Kier molecular flexibility index (Phi) is 4.49. The molecule has 1 saturated carbocycles. The Morgan fingerprint density at radius 2 is 1.95 bits per heavy atom. The number of hydrogen-bond donors (Lipinski definition) is 0. The van der Waals surface area contributed by atoms with E-state index in [9.17, 15) is 4.79 Å². The zero-order valence-electron chi connectivity index (χ0n) is 13.0. The summed E-state index contributed by atoms with van der Waals surface area (Å²) in [6.45, 7) is 5.83. The van der Waals surface area contributed by atoms with E-state index in [0.29, 0.717) is 6.04 Å². The second kappa shape index (κ2) is 6.38. The number of rotatable bonds is 5. The van der Waals surface area contributed by atoms with Gasteiger partial charge in [-0.1, -0.05) is 52.4 Å². The number of aryl methyl sites for hydroxylation is 2. The number of thioether (sulfide) groups is 1. The maximum atomic E-state index is 11.7. The smallest absolute Gasteiger partial charge is 0.225 e. The SMILES string of the molecule is CC(=O)N(c1nnc(SCc2cc(C)cc(C)c2)s1)C1CC1. The van der Waals surface area contributed by atoms with Crippen molar-refractivity contribution in [2.45, 2.75) is 49.7 Å². The van der Waals surface area contributed by atoms with Gasteiger partial charge in [-0.25, -0.2) is 0 Å². The summed E-state index contributed by atoms with van der Waals surface area (Å²) in [4.78, 5) is 13.5. The second-order valence-electron chi connectivity index (χ2n) is 5.76. The molecule has 1 aliphatic carbocycles. The van der Waals surface area contributed by atoms with Crippen LogP contribution in [0.1, 0.15) is 36.5 Å². The number of amides is 1. The molecule has 6 heteroatoms. The number of aromatic nitrogens is 2. The van der Waals surface area contributed by atoms with Crippen LogP contribution in [-0.2, 0) is 10.5 Å². The van der Waals surface area contributed by atoms with Crippen LogP contribution in [0.4, 0.5) is 5.13 Å². The summed E-state index contributed by atoms with van der Waals surface area (Å²) in [6.07, 6.45) is 2.15. The Labute approximate surface area is 138 Å². The third kappa shape index (κ3) is 3.67. The molecule has 3 rings (SSSR count). The minimum Gasteiger partial charge on any atom is -0.284 e. The Bertz CT molecular complexity index is 674. The standard InChI is InChI=1S/C16H19N3OS2/c1-10-6-11(2)8-13(7-10)9-21-16-18-17-15(22-16)19(12(3)20)14-4-5-14/h6-8,14H,4-5,9H2,1-3H3. The molecule has 22 heavy (non-hydrogen) atoms. The summed E-state index contributed by atoms with van der Waals surface area (Å²) < 4.78 is 0.918. The van der Waals surface area contributed by atoms with E-state index < -0.39 is 0 Å². The van der Waals surface area contributed by atoms with Crippen LogP contribution < -0.4 is 4.90 Å². The summed E-state index contributed by atoms with van der Waals surface area (Å²) in [7, 11) is 0. The maximum Gasteiger partial charge on any atom is 0.225 e. The van der Waals surface area contributed by atoms with Gasteiger partial charge in [0.2, 0.25) is 11.0 Å². The fourth-order valence-corrected chi connectivity index (χ4v) is 4.42. The quantitative estimate of drug-likeness (QED) is 0.614. The lowest BCUT2D eigenvalue weighted by Gasteiger charge is -2.15. The molecular formula is C16H19N3OS2. The number of benzene rings is 1. The highest BCUT2D eigenvalue weighted by Crippen LogP contribution is 2.36. The first kappa shape index (κ1) is 15.5. The van der Waals surface area contributed by atoms with Crippen LogP contribution in [0.15, 0.2) is 22.5 Å². The molecule has 1 fully saturated rings. The van der Waals surface area contributed by atoms with E-state index in [-0.39, 0.29) is 5.91 Å². The van der Waals surface area contributed by atoms with E-state index in [1.165, 1.54) is 28.0 Å². The summed E-state index contributed by atoms with van der Waals surface area (Å²) in [6, 6.07) is 6.92. The van der Waals surface area contributed by atoms with Crippen molar-refractivity contribution in [3.05, 3.63) is 34.9 Å². The van der Waals surface area contributed by atoms with Gasteiger partial charge in [0, 0.05) is 18.7 Å². The van der Waals surface area contributed by atoms with E-state index in [2.05, 4.69) is 42.2 Å².